The molecule has 3 heteroatoms. The van der Waals surface area contributed by atoms with Gasteiger partial charge in [-0.1, -0.05) is 6.92 Å². The zero-order valence-electron chi connectivity index (χ0n) is 7.59. The third-order valence-corrected chi connectivity index (χ3v) is 3.00. The molecule has 0 aromatic rings. The molecule has 1 saturated heterocycles. The van der Waals surface area contributed by atoms with Gasteiger partial charge in [-0.3, -0.25) is 4.79 Å². The van der Waals surface area contributed by atoms with Gasteiger partial charge in [0.05, 0.1) is 6.61 Å². The lowest BCUT2D eigenvalue weighted by molar-refractivity contribution is -0.145. The van der Waals surface area contributed by atoms with Crippen LogP contribution in [0.1, 0.15) is 26.7 Å². The van der Waals surface area contributed by atoms with Crippen molar-refractivity contribution in [1.82, 2.24) is 5.32 Å². The summed E-state index contributed by atoms with van der Waals surface area (Å²) in [5, 5.41) is 3.28. The van der Waals surface area contributed by atoms with Gasteiger partial charge in [-0.05, 0) is 25.2 Å². The summed E-state index contributed by atoms with van der Waals surface area (Å²) in [6.07, 6.45) is 2.18. The van der Waals surface area contributed by atoms with Gasteiger partial charge in [0.25, 0.3) is 0 Å². The van der Waals surface area contributed by atoms with Gasteiger partial charge in [-0.15, -0.1) is 0 Å². The predicted octanol–water partition coefficient (Wildman–Crippen LogP) is 0.690. The first-order valence-corrected chi connectivity index (χ1v) is 4.58. The summed E-state index contributed by atoms with van der Waals surface area (Å²) in [7, 11) is 0. The van der Waals surface area contributed by atoms with E-state index in [4.69, 9.17) is 4.74 Å². The number of carbonyl (C=O) groups excluding carboxylic acids is 1. The van der Waals surface area contributed by atoms with E-state index in [9.17, 15) is 4.79 Å². The Morgan fingerprint density at radius 3 is 2.92 bits per heavy atom. The van der Waals surface area contributed by atoms with Gasteiger partial charge in [0.15, 0.2) is 0 Å². The average Bonchev–Trinajstić information content (AvgIpc) is 2.51. The number of nitrogens with one attached hydrogen (secondary N) is 1. The van der Waals surface area contributed by atoms with E-state index in [1.807, 2.05) is 6.92 Å². The minimum absolute atomic E-state index is 0.0336. The van der Waals surface area contributed by atoms with Crippen LogP contribution in [0.2, 0.25) is 0 Å². The van der Waals surface area contributed by atoms with E-state index >= 15 is 0 Å². The third kappa shape index (κ3) is 1.12. The van der Waals surface area contributed by atoms with E-state index in [0.717, 1.165) is 6.42 Å². The minimum Gasteiger partial charge on any atom is -0.465 e. The van der Waals surface area contributed by atoms with Gasteiger partial charge in [-0.25, -0.2) is 0 Å². The van der Waals surface area contributed by atoms with Crippen molar-refractivity contribution in [2.24, 2.45) is 5.41 Å². The van der Waals surface area contributed by atoms with Crippen LogP contribution in [0, 0.1) is 5.41 Å². The molecule has 2 fully saturated rings. The second kappa shape index (κ2) is 2.46. The fourth-order valence-corrected chi connectivity index (χ4v) is 2.06. The maximum atomic E-state index is 11.3. The molecule has 0 amide bonds. The predicted molar refractivity (Wildman–Crippen MR) is 44.7 cm³/mol. The highest BCUT2D eigenvalue weighted by molar-refractivity contribution is 5.76. The molecule has 3 atom stereocenters. The summed E-state index contributed by atoms with van der Waals surface area (Å²) in [6.45, 7) is 4.55. The second-order valence-corrected chi connectivity index (χ2v) is 4.09. The summed E-state index contributed by atoms with van der Waals surface area (Å²) < 4.78 is 4.94. The molecule has 1 heterocycles. The lowest BCUT2D eigenvalue weighted by atomic mass is 10.0. The molecular formula is C9H15NO2. The van der Waals surface area contributed by atoms with Crippen LogP contribution in [0.5, 0.6) is 0 Å². The Hall–Kier alpha value is -0.570. The topological polar surface area (TPSA) is 38.3 Å². The zero-order chi connectivity index (χ0) is 8.77. The molecule has 3 nitrogen and oxygen atoms in total. The molecule has 1 N–H and O–H groups in total. The molecule has 1 saturated carbocycles. The van der Waals surface area contributed by atoms with Crippen LogP contribution in [0.25, 0.3) is 0 Å². The molecule has 0 bridgehead atoms. The molecule has 1 aliphatic carbocycles. The van der Waals surface area contributed by atoms with Gasteiger partial charge in [-0.2, -0.15) is 0 Å². The maximum Gasteiger partial charge on any atom is 0.323 e. The van der Waals surface area contributed by atoms with E-state index in [1.165, 1.54) is 6.42 Å². The second-order valence-electron chi connectivity index (χ2n) is 4.09. The third-order valence-electron chi connectivity index (χ3n) is 3.00. The summed E-state index contributed by atoms with van der Waals surface area (Å²) in [5.74, 6) is -0.0778. The van der Waals surface area contributed by atoms with Gasteiger partial charge in [0.1, 0.15) is 6.04 Å². The van der Waals surface area contributed by atoms with Crippen LogP contribution >= 0.6 is 0 Å². The normalized spacial score (nSPS) is 43.8. The Bertz CT molecular complexity index is 217. The lowest BCUT2D eigenvalue weighted by Gasteiger charge is -2.12. The van der Waals surface area contributed by atoms with Crippen LogP contribution in [0.3, 0.4) is 0 Å². The van der Waals surface area contributed by atoms with E-state index in [1.54, 1.807) is 0 Å². The zero-order valence-corrected chi connectivity index (χ0v) is 7.59. The fraction of sp³-hybridized carbons (Fsp3) is 0.889. The molecule has 0 aromatic carbocycles. The molecule has 68 valence electrons. The fourth-order valence-electron chi connectivity index (χ4n) is 2.06. The van der Waals surface area contributed by atoms with Crippen molar-refractivity contribution < 1.29 is 9.53 Å². The number of fused-ring (bicyclic) bond motifs is 1. The molecular weight excluding hydrogens is 154 g/mol. The molecule has 12 heavy (non-hydrogen) atoms. The number of carbonyl (C=O) groups is 1. The van der Waals surface area contributed by atoms with Crippen LogP contribution in [-0.2, 0) is 9.53 Å². The van der Waals surface area contributed by atoms with Crippen molar-refractivity contribution in [3.63, 3.8) is 0 Å². The molecule has 0 spiro atoms. The van der Waals surface area contributed by atoms with E-state index in [0.29, 0.717) is 18.1 Å². The van der Waals surface area contributed by atoms with Crippen molar-refractivity contribution in [2.45, 2.75) is 38.8 Å². The Labute approximate surface area is 72.5 Å². The molecule has 2 aliphatic rings. The average molecular weight is 169 g/mol. The smallest absolute Gasteiger partial charge is 0.323 e. The highest BCUT2D eigenvalue weighted by atomic mass is 16.5. The standard InChI is InChI=1S/C9H15NO2/c1-3-12-8(11)6-4-9(2)5-7(9)10-6/h6-7,10H,3-5H2,1-2H3/t6?,7?,9-/m0/s1. The summed E-state index contributed by atoms with van der Waals surface area (Å²) in [6, 6.07) is 0.542. The lowest BCUT2D eigenvalue weighted by Crippen LogP contribution is -2.35. The number of piperidine rings is 1. The van der Waals surface area contributed by atoms with Crippen molar-refractivity contribution in [3.05, 3.63) is 0 Å². The van der Waals surface area contributed by atoms with Crippen molar-refractivity contribution in [3.8, 4) is 0 Å². The Balaban J connectivity index is 1.88. The van der Waals surface area contributed by atoms with E-state index < -0.39 is 0 Å². The monoisotopic (exact) mass is 169 g/mol. The quantitative estimate of drug-likeness (QED) is 0.618. The first kappa shape index (κ1) is 8.05. The summed E-state index contributed by atoms with van der Waals surface area (Å²) >= 11 is 0. The number of ether oxygens (including phenoxy) is 1. The Kier molecular flexibility index (Phi) is 1.65. The van der Waals surface area contributed by atoms with Gasteiger partial charge >= 0.3 is 5.97 Å². The maximum absolute atomic E-state index is 11.3. The first-order chi connectivity index (χ1) is 5.65. The highest BCUT2D eigenvalue weighted by Crippen LogP contribution is 2.53. The molecule has 1 aliphatic heterocycles. The number of hydrogen-bond acceptors (Lipinski definition) is 3. The Morgan fingerprint density at radius 1 is 1.67 bits per heavy atom. The van der Waals surface area contributed by atoms with E-state index in [2.05, 4.69) is 12.2 Å². The highest BCUT2D eigenvalue weighted by Gasteiger charge is 2.58. The van der Waals surface area contributed by atoms with Crippen molar-refractivity contribution in [1.29, 1.82) is 0 Å². The summed E-state index contributed by atoms with van der Waals surface area (Å²) in [4.78, 5) is 11.3. The minimum atomic E-state index is -0.0778. The Morgan fingerprint density at radius 2 is 2.42 bits per heavy atom. The first-order valence-electron chi connectivity index (χ1n) is 4.58. The van der Waals surface area contributed by atoms with Gasteiger partial charge < -0.3 is 10.1 Å². The van der Waals surface area contributed by atoms with Gasteiger partial charge in [0, 0.05) is 6.04 Å². The molecule has 2 unspecified atom stereocenters. The summed E-state index contributed by atoms with van der Waals surface area (Å²) in [5.41, 5.74) is 0.400. The van der Waals surface area contributed by atoms with E-state index in [-0.39, 0.29) is 12.0 Å². The van der Waals surface area contributed by atoms with Crippen molar-refractivity contribution >= 4 is 5.97 Å². The molecule has 2 rings (SSSR count). The van der Waals surface area contributed by atoms with Crippen molar-refractivity contribution in [2.75, 3.05) is 6.61 Å². The van der Waals surface area contributed by atoms with Crippen LogP contribution in [-0.4, -0.2) is 24.7 Å². The van der Waals surface area contributed by atoms with Crippen LogP contribution < -0.4 is 5.32 Å². The largest absolute Gasteiger partial charge is 0.465 e. The number of rotatable bonds is 2. The molecule has 0 radical (unpaired) electrons. The van der Waals surface area contributed by atoms with Crippen LogP contribution in [0.4, 0.5) is 0 Å². The van der Waals surface area contributed by atoms with Gasteiger partial charge in [0.2, 0.25) is 0 Å². The molecule has 0 aromatic heterocycles. The number of hydrogen-bond donors (Lipinski definition) is 1. The van der Waals surface area contributed by atoms with Crippen LogP contribution in [0.15, 0.2) is 0 Å². The SMILES string of the molecule is CCOC(=O)C1C[C@@]2(C)CC2N1. The number of esters is 1.